The molecule has 0 fully saturated rings. The maximum atomic E-state index is 12.6. The Hall–Kier alpha value is -1.65. The molecular weight excluding hydrogens is 368 g/mol. The number of rotatable bonds is 5. The van der Waals surface area contributed by atoms with E-state index in [0.717, 1.165) is 5.56 Å². The standard InChI is InChI=1S/C17H14BrClO3/c1-22-17(21)14(11-5-3-2-4-6-11)15(18)16(20)12-7-9-13(19)10-8-12/h2-10,14-15H,1H3/t14-,15+/m1/s1. The molecule has 0 bridgehead atoms. The van der Waals surface area contributed by atoms with E-state index in [2.05, 4.69) is 15.9 Å². The van der Waals surface area contributed by atoms with E-state index in [1.54, 1.807) is 36.4 Å². The van der Waals surface area contributed by atoms with Crippen LogP contribution in [-0.2, 0) is 9.53 Å². The van der Waals surface area contributed by atoms with Crippen LogP contribution in [0.4, 0.5) is 0 Å². The lowest BCUT2D eigenvalue weighted by Gasteiger charge is -2.20. The Morgan fingerprint density at radius 2 is 1.64 bits per heavy atom. The molecule has 3 nitrogen and oxygen atoms in total. The maximum absolute atomic E-state index is 12.6. The highest BCUT2D eigenvalue weighted by molar-refractivity contribution is 9.10. The van der Waals surface area contributed by atoms with Crippen molar-refractivity contribution in [1.29, 1.82) is 0 Å². The summed E-state index contributed by atoms with van der Waals surface area (Å²) in [7, 11) is 1.31. The molecule has 0 saturated carbocycles. The molecule has 22 heavy (non-hydrogen) atoms. The second-order valence-electron chi connectivity index (χ2n) is 4.68. The summed E-state index contributed by atoms with van der Waals surface area (Å²) in [6.45, 7) is 0. The van der Waals surface area contributed by atoms with Gasteiger partial charge in [0.2, 0.25) is 0 Å². The first-order valence-electron chi connectivity index (χ1n) is 6.61. The molecular formula is C17H14BrClO3. The van der Waals surface area contributed by atoms with Gasteiger partial charge in [-0.3, -0.25) is 9.59 Å². The normalized spacial score (nSPS) is 13.2. The number of carbonyl (C=O) groups excluding carboxylic acids is 2. The van der Waals surface area contributed by atoms with Crippen molar-refractivity contribution in [2.45, 2.75) is 10.7 Å². The van der Waals surface area contributed by atoms with Crippen LogP contribution >= 0.6 is 27.5 Å². The summed E-state index contributed by atoms with van der Waals surface area (Å²) >= 11 is 9.19. The lowest BCUT2D eigenvalue weighted by molar-refractivity contribution is -0.142. The molecule has 0 saturated heterocycles. The number of esters is 1. The number of halogens is 2. The molecule has 2 rings (SSSR count). The highest BCUT2D eigenvalue weighted by Crippen LogP contribution is 2.29. The molecule has 114 valence electrons. The first-order valence-corrected chi connectivity index (χ1v) is 7.90. The summed E-state index contributed by atoms with van der Waals surface area (Å²) in [5.74, 6) is -1.37. The van der Waals surface area contributed by atoms with Crippen LogP contribution in [0, 0.1) is 0 Å². The van der Waals surface area contributed by atoms with Gasteiger partial charge in [0, 0.05) is 10.6 Å². The van der Waals surface area contributed by atoms with Crippen LogP contribution in [0.15, 0.2) is 54.6 Å². The average Bonchev–Trinajstić information content (AvgIpc) is 2.55. The third-order valence-corrected chi connectivity index (χ3v) is 4.48. The third-order valence-electron chi connectivity index (χ3n) is 3.29. The zero-order valence-electron chi connectivity index (χ0n) is 11.8. The van der Waals surface area contributed by atoms with Crippen LogP contribution in [0.2, 0.25) is 5.02 Å². The van der Waals surface area contributed by atoms with Crippen LogP contribution in [-0.4, -0.2) is 23.7 Å². The highest BCUT2D eigenvalue weighted by atomic mass is 79.9. The quantitative estimate of drug-likeness (QED) is 0.442. The molecule has 0 unspecified atom stereocenters. The Labute approximate surface area is 142 Å². The number of alkyl halides is 1. The summed E-state index contributed by atoms with van der Waals surface area (Å²) in [5.41, 5.74) is 1.20. The SMILES string of the molecule is COC(=O)[C@H](c1ccccc1)[C@H](Br)C(=O)c1ccc(Cl)cc1. The average molecular weight is 382 g/mol. The molecule has 0 radical (unpaired) electrons. The lowest BCUT2D eigenvalue weighted by atomic mass is 9.91. The molecule has 0 N–H and O–H groups in total. The van der Waals surface area contributed by atoms with Crippen molar-refractivity contribution in [1.82, 2.24) is 0 Å². The number of hydrogen-bond acceptors (Lipinski definition) is 3. The minimum absolute atomic E-state index is 0.198. The van der Waals surface area contributed by atoms with Crippen LogP contribution in [0.5, 0.6) is 0 Å². The summed E-state index contributed by atoms with van der Waals surface area (Å²) in [6, 6.07) is 15.6. The number of Topliss-reactive ketones (excluding diaryl/α,β-unsaturated/α-hetero) is 1. The lowest BCUT2D eigenvalue weighted by Crippen LogP contribution is -2.29. The summed E-state index contributed by atoms with van der Waals surface area (Å²) in [4.78, 5) is 24.0. The second kappa shape index (κ2) is 7.56. The smallest absolute Gasteiger partial charge is 0.314 e. The zero-order chi connectivity index (χ0) is 16.1. The number of ether oxygens (including phenoxy) is 1. The van der Waals surface area contributed by atoms with Gasteiger partial charge in [0.15, 0.2) is 5.78 Å². The van der Waals surface area contributed by atoms with Crippen molar-refractivity contribution in [3.05, 3.63) is 70.7 Å². The fourth-order valence-corrected chi connectivity index (χ4v) is 3.05. The summed E-state index contributed by atoms with van der Waals surface area (Å²) < 4.78 is 4.85. The molecule has 0 heterocycles. The number of hydrogen-bond donors (Lipinski definition) is 0. The van der Waals surface area contributed by atoms with Gasteiger partial charge >= 0.3 is 5.97 Å². The van der Waals surface area contributed by atoms with E-state index in [-0.39, 0.29) is 5.78 Å². The topological polar surface area (TPSA) is 43.4 Å². The molecule has 2 aromatic rings. The third kappa shape index (κ3) is 3.76. The van der Waals surface area contributed by atoms with Crippen molar-refractivity contribution >= 4 is 39.3 Å². The van der Waals surface area contributed by atoms with E-state index in [4.69, 9.17) is 16.3 Å². The predicted molar refractivity (Wildman–Crippen MR) is 89.7 cm³/mol. The number of carbonyl (C=O) groups is 2. The molecule has 2 atom stereocenters. The van der Waals surface area contributed by atoms with Gasteiger partial charge < -0.3 is 4.74 Å². The molecule has 2 aromatic carbocycles. The number of methoxy groups -OCH3 is 1. The van der Waals surface area contributed by atoms with Gasteiger partial charge in [-0.05, 0) is 29.8 Å². The maximum Gasteiger partial charge on any atom is 0.314 e. The van der Waals surface area contributed by atoms with Gasteiger partial charge in [-0.2, -0.15) is 0 Å². The van der Waals surface area contributed by atoms with Crippen molar-refractivity contribution in [2.24, 2.45) is 0 Å². The van der Waals surface area contributed by atoms with Crippen LogP contribution in [0.3, 0.4) is 0 Å². The molecule has 0 amide bonds. The molecule has 0 aliphatic heterocycles. The molecule has 5 heteroatoms. The molecule has 0 aromatic heterocycles. The fraction of sp³-hybridized carbons (Fsp3) is 0.176. The Balaban J connectivity index is 2.33. The fourth-order valence-electron chi connectivity index (χ4n) is 2.14. The van der Waals surface area contributed by atoms with Gasteiger partial charge in [-0.1, -0.05) is 57.9 Å². The number of ketones is 1. The van der Waals surface area contributed by atoms with Crippen molar-refractivity contribution in [3.8, 4) is 0 Å². The van der Waals surface area contributed by atoms with E-state index < -0.39 is 16.7 Å². The Morgan fingerprint density at radius 3 is 2.18 bits per heavy atom. The van der Waals surface area contributed by atoms with Gasteiger partial charge in [0.1, 0.15) is 5.92 Å². The predicted octanol–water partition coefficient (Wildman–Crippen LogP) is 4.24. The Morgan fingerprint density at radius 1 is 1.05 bits per heavy atom. The van der Waals surface area contributed by atoms with Gasteiger partial charge in [0.05, 0.1) is 11.9 Å². The zero-order valence-corrected chi connectivity index (χ0v) is 14.2. The summed E-state index contributed by atoms with van der Waals surface area (Å²) in [6.07, 6.45) is 0. The monoisotopic (exact) mass is 380 g/mol. The first kappa shape index (κ1) is 16.7. The largest absolute Gasteiger partial charge is 0.469 e. The van der Waals surface area contributed by atoms with Gasteiger partial charge in [-0.25, -0.2) is 0 Å². The van der Waals surface area contributed by atoms with Crippen LogP contribution in [0.25, 0.3) is 0 Å². The van der Waals surface area contributed by atoms with E-state index >= 15 is 0 Å². The summed E-state index contributed by atoms with van der Waals surface area (Å²) in [5, 5.41) is 0.551. The van der Waals surface area contributed by atoms with Crippen molar-refractivity contribution in [3.63, 3.8) is 0 Å². The van der Waals surface area contributed by atoms with E-state index in [0.29, 0.717) is 10.6 Å². The van der Waals surface area contributed by atoms with Gasteiger partial charge in [-0.15, -0.1) is 0 Å². The Kier molecular flexibility index (Phi) is 5.75. The van der Waals surface area contributed by atoms with E-state index in [1.165, 1.54) is 7.11 Å². The Bertz CT molecular complexity index is 655. The molecule has 0 aliphatic rings. The van der Waals surface area contributed by atoms with E-state index in [9.17, 15) is 9.59 Å². The van der Waals surface area contributed by atoms with Crippen LogP contribution < -0.4 is 0 Å². The van der Waals surface area contributed by atoms with Crippen molar-refractivity contribution in [2.75, 3.05) is 7.11 Å². The van der Waals surface area contributed by atoms with Crippen molar-refractivity contribution < 1.29 is 14.3 Å². The van der Waals surface area contributed by atoms with Gasteiger partial charge in [0.25, 0.3) is 0 Å². The highest BCUT2D eigenvalue weighted by Gasteiger charge is 2.34. The molecule has 0 aliphatic carbocycles. The molecule has 0 spiro atoms. The minimum Gasteiger partial charge on any atom is -0.469 e. The second-order valence-corrected chi connectivity index (χ2v) is 6.11. The minimum atomic E-state index is -0.719. The first-order chi connectivity index (χ1) is 10.5. The van der Waals surface area contributed by atoms with Crippen LogP contribution in [0.1, 0.15) is 21.8 Å². The van der Waals surface area contributed by atoms with E-state index in [1.807, 2.05) is 18.2 Å². The number of benzene rings is 2.